The first-order chi connectivity index (χ1) is 10.1. The van der Waals surface area contributed by atoms with Crippen LogP contribution in [0.5, 0.6) is 11.5 Å². The number of halogens is 4. The summed E-state index contributed by atoms with van der Waals surface area (Å²) in [5, 5.41) is 0.353. The minimum Gasteiger partial charge on any atom is -0.492 e. The molecule has 0 fully saturated rings. The lowest BCUT2D eigenvalue weighted by molar-refractivity contribution is -0.180. The van der Waals surface area contributed by atoms with E-state index in [0.29, 0.717) is 22.9 Å². The Hall–Kier alpha value is -1.36. The minimum absolute atomic E-state index is 0.0985. The highest BCUT2D eigenvalue weighted by atomic mass is 35.5. The zero-order valence-corrected chi connectivity index (χ0v) is 13.4. The van der Waals surface area contributed by atoms with Gasteiger partial charge in [-0.3, -0.25) is 0 Å². The number of alkyl halides is 3. The van der Waals surface area contributed by atoms with E-state index in [4.69, 9.17) is 21.1 Å². The summed E-state index contributed by atoms with van der Waals surface area (Å²) in [7, 11) is 0. The van der Waals surface area contributed by atoms with Crippen LogP contribution in [0.3, 0.4) is 0 Å². The van der Waals surface area contributed by atoms with E-state index in [2.05, 4.69) is 20.8 Å². The number of hydrogen-bond acceptors (Lipinski definition) is 2. The number of fused-ring (bicyclic) bond motifs is 1. The van der Waals surface area contributed by atoms with Gasteiger partial charge in [0.25, 0.3) is 0 Å². The predicted molar refractivity (Wildman–Crippen MR) is 80.5 cm³/mol. The van der Waals surface area contributed by atoms with Crippen molar-refractivity contribution in [3.05, 3.63) is 28.8 Å². The first-order valence-electron chi connectivity index (χ1n) is 6.94. The van der Waals surface area contributed by atoms with Crippen LogP contribution in [-0.4, -0.2) is 18.9 Å². The number of ether oxygens (including phenoxy) is 2. The van der Waals surface area contributed by atoms with E-state index in [1.54, 1.807) is 6.07 Å². The second kappa shape index (κ2) is 6.03. The van der Waals surface area contributed by atoms with E-state index in [0.717, 1.165) is 12.5 Å². The van der Waals surface area contributed by atoms with Crippen LogP contribution in [0.2, 0.25) is 5.02 Å². The Morgan fingerprint density at radius 2 is 1.91 bits per heavy atom. The molecule has 2 nitrogen and oxygen atoms in total. The fourth-order valence-electron chi connectivity index (χ4n) is 1.90. The summed E-state index contributed by atoms with van der Waals surface area (Å²) in [5.74, 6) is 0.459. The molecular formula is C16H18ClF3O2. The molecule has 0 spiro atoms. The van der Waals surface area contributed by atoms with Gasteiger partial charge in [0, 0.05) is 11.6 Å². The van der Waals surface area contributed by atoms with Gasteiger partial charge in [-0.15, -0.1) is 0 Å². The zero-order valence-electron chi connectivity index (χ0n) is 12.6. The molecule has 1 aromatic carbocycles. The maximum absolute atomic E-state index is 12.7. The molecule has 1 aliphatic heterocycles. The fourth-order valence-corrected chi connectivity index (χ4v) is 2.13. The summed E-state index contributed by atoms with van der Waals surface area (Å²) < 4.78 is 48.7. The van der Waals surface area contributed by atoms with Crippen molar-refractivity contribution < 1.29 is 22.6 Å². The zero-order chi connectivity index (χ0) is 16.5. The average Bonchev–Trinajstić information content (AvgIpc) is 2.36. The standard InChI is InChI=1S/C16H18ClF3O2/c1-15(2,3)6-7-21-13-9-12-10(8-11(13)17)4-5-14(22-12)16(18,19)20/h4-5,8-9,14H,6-7H2,1-3H3. The van der Waals surface area contributed by atoms with Crippen molar-refractivity contribution in [2.75, 3.05) is 6.61 Å². The Morgan fingerprint density at radius 3 is 2.50 bits per heavy atom. The van der Waals surface area contributed by atoms with Crippen molar-refractivity contribution in [3.63, 3.8) is 0 Å². The Balaban J connectivity index is 2.14. The average molecular weight is 335 g/mol. The molecule has 1 heterocycles. The maximum Gasteiger partial charge on any atom is 0.429 e. The molecule has 0 amide bonds. The van der Waals surface area contributed by atoms with Crippen LogP contribution in [0, 0.1) is 5.41 Å². The van der Waals surface area contributed by atoms with Gasteiger partial charge in [-0.25, -0.2) is 0 Å². The van der Waals surface area contributed by atoms with E-state index in [1.165, 1.54) is 12.1 Å². The van der Waals surface area contributed by atoms with Gasteiger partial charge in [0.15, 0.2) is 0 Å². The van der Waals surface area contributed by atoms with Gasteiger partial charge in [0.05, 0.1) is 11.6 Å². The molecule has 6 heteroatoms. The second-order valence-electron chi connectivity index (χ2n) is 6.42. The molecule has 0 saturated heterocycles. The van der Waals surface area contributed by atoms with Crippen molar-refractivity contribution in [2.24, 2.45) is 5.41 Å². The van der Waals surface area contributed by atoms with Gasteiger partial charge >= 0.3 is 6.18 Å². The van der Waals surface area contributed by atoms with Crippen LogP contribution in [0.1, 0.15) is 32.8 Å². The SMILES string of the molecule is CC(C)(C)CCOc1cc2c(cc1Cl)C=CC(C(F)(F)F)O2. The van der Waals surface area contributed by atoms with Gasteiger partial charge in [-0.2, -0.15) is 13.2 Å². The van der Waals surface area contributed by atoms with Gasteiger partial charge < -0.3 is 9.47 Å². The molecular weight excluding hydrogens is 317 g/mol. The Morgan fingerprint density at radius 1 is 1.23 bits per heavy atom. The van der Waals surface area contributed by atoms with Gasteiger partial charge in [-0.05, 0) is 24.0 Å². The van der Waals surface area contributed by atoms with E-state index in [9.17, 15) is 13.2 Å². The number of hydrogen-bond donors (Lipinski definition) is 0. The Labute approximate surface area is 132 Å². The van der Waals surface area contributed by atoms with Crippen LogP contribution in [0.15, 0.2) is 18.2 Å². The quantitative estimate of drug-likeness (QED) is 0.727. The molecule has 1 aliphatic rings. The van der Waals surface area contributed by atoms with E-state index >= 15 is 0 Å². The van der Waals surface area contributed by atoms with Crippen LogP contribution in [-0.2, 0) is 0 Å². The third kappa shape index (κ3) is 4.32. The summed E-state index contributed by atoms with van der Waals surface area (Å²) in [6.07, 6.45) is -3.25. The first kappa shape index (κ1) is 17.0. The lowest BCUT2D eigenvalue weighted by Crippen LogP contribution is -2.33. The molecule has 0 aliphatic carbocycles. The monoisotopic (exact) mass is 334 g/mol. The molecule has 122 valence electrons. The summed E-state index contributed by atoms with van der Waals surface area (Å²) in [5.41, 5.74) is 0.607. The molecule has 1 unspecified atom stereocenters. The summed E-state index contributed by atoms with van der Waals surface area (Å²) >= 11 is 6.10. The lowest BCUT2D eigenvalue weighted by Gasteiger charge is -2.24. The van der Waals surface area contributed by atoms with E-state index in [-0.39, 0.29) is 11.2 Å². The van der Waals surface area contributed by atoms with Crippen LogP contribution >= 0.6 is 11.6 Å². The normalized spacial score (nSPS) is 17.9. The summed E-state index contributed by atoms with van der Waals surface area (Å²) in [6.45, 7) is 6.66. The predicted octanol–water partition coefficient (Wildman–Crippen LogP) is 5.49. The highest BCUT2D eigenvalue weighted by Crippen LogP contribution is 2.39. The number of benzene rings is 1. The molecule has 2 rings (SSSR count). The molecule has 0 aromatic heterocycles. The van der Waals surface area contributed by atoms with E-state index in [1.807, 2.05) is 0 Å². The van der Waals surface area contributed by atoms with Crippen LogP contribution in [0.4, 0.5) is 13.2 Å². The minimum atomic E-state index is -4.44. The highest BCUT2D eigenvalue weighted by Gasteiger charge is 2.41. The van der Waals surface area contributed by atoms with Crippen molar-refractivity contribution in [2.45, 2.75) is 39.5 Å². The number of rotatable bonds is 3. The molecule has 22 heavy (non-hydrogen) atoms. The Bertz CT molecular complexity index is 574. The van der Waals surface area contributed by atoms with Gasteiger partial charge in [-0.1, -0.05) is 38.4 Å². The van der Waals surface area contributed by atoms with Crippen molar-refractivity contribution >= 4 is 17.7 Å². The van der Waals surface area contributed by atoms with Crippen molar-refractivity contribution in [1.29, 1.82) is 0 Å². The van der Waals surface area contributed by atoms with E-state index < -0.39 is 12.3 Å². The molecule has 1 aromatic rings. The molecule has 0 radical (unpaired) electrons. The fraction of sp³-hybridized carbons (Fsp3) is 0.500. The third-order valence-corrected chi connectivity index (χ3v) is 3.50. The molecule has 0 saturated carbocycles. The molecule has 0 N–H and O–H groups in total. The van der Waals surface area contributed by atoms with Crippen LogP contribution in [0.25, 0.3) is 6.08 Å². The molecule has 0 bridgehead atoms. The van der Waals surface area contributed by atoms with Crippen LogP contribution < -0.4 is 9.47 Å². The van der Waals surface area contributed by atoms with Crippen molar-refractivity contribution in [1.82, 2.24) is 0 Å². The summed E-state index contributed by atoms with van der Waals surface area (Å²) in [6, 6.07) is 2.97. The molecule has 1 atom stereocenters. The third-order valence-electron chi connectivity index (χ3n) is 3.20. The maximum atomic E-state index is 12.7. The smallest absolute Gasteiger partial charge is 0.429 e. The topological polar surface area (TPSA) is 18.5 Å². The first-order valence-corrected chi connectivity index (χ1v) is 7.32. The summed E-state index contributed by atoms with van der Waals surface area (Å²) in [4.78, 5) is 0. The highest BCUT2D eigenvalue weighted by molar-refractivity contribution is 6.32. The largest absolute Gasteiger partial charge is 0.492 e. The van der Waals surface area contributed by atoms with Gasteiger partial charge in [0.2, 0.25) is 6.10 Å². The van der Waals surface area contributed by atoms with Crippen molar-refractivity contribution in [3.8, 4) is 11.5 Å². The second-order valence-corrected chi connectivity index (χ2v) is 6.83. The van der Waals surface area contributed by atoms with Gasteiger partial charge in [0.1, 0.15) is 11.5 Å². The Kier molecular flexibility index (Phi) is 4.66. The lowest BCUT2D eigenvalue weighted by atomic mass is 9.93.